The molecule has 29 heavy (non-hydrogen) atoms. The first-order chi connectivity index (χ1) is 14.1. The van der Waals surface area contributed by atoms with Crippen molar-refractivity contribution in [3.8, 4) is 0 Å². The number of likely N-dealkylation sites (tertiary alicyclic amines) is 1. The van der Waals surface area contributed by atoms with Crippen molar-refractivity contribution in [1.82, 2.24) is 4.90 Å². The number of ether oxygens (including phenoxy) is 1. The SMILES string of the molecule is O=C1CCCCc2ccc(NC(=O)N3CCCC4(C3)OCc3ccccc34)cc21. The molecule has 3 aliphatic rings. The van der Waals surface area contributed by atoms with Crippen LogP contribution in [0.5, 0.6) is 0 Å². The van der Waals surface area contributed by atoms with E-state index in [0.29, 0.717) is 31.8 Å². The van der Waals surface area contributed by atoms with Crippen LogP contribution in [0.1, 0.15) is 59.2 Å². The standard InChI is InChI=1S/C24H26N2O3/c27-22-9-4-2-6-17-10-11-19(14-20(17)22)25-23(28)26-13-5-12-24(16-26)21-8-3-1-7-18(21)15-29-24/h1,3,7-8,10-11,14H,2,4-6,9,12-13,15-16H2,(H,25,28). The molecule has 2 aliphatic heterocycles. The van der Waals surface area contributed by atoms with Crippen LogP contribution in [0, 0.1) is 0 Å². The van der Waals surface area contributed by atoms with Gasteiger partial charge in [-0.1, -0.05) is 30.3 Å². The number of piperidine rings is 1. The number of ketones is 1. The third-order valence-corrected chi connectivity index (χ3v) is 6.52. The first kappa shape index (κ1) is 18.4. The molecule has 0 aromatic heterocycles. The Hall–Kier alpha value is -2.66. The second-order valence-electron chi connectivity index (χ2n) is 8.40. The minimum absolute atomic E-state index is 0.127. The van der Waals surface area contributed by atoms with Gasteiger partial charge in [0, 0.05) is 24.2 Å². The number of anilines is 1. The Bertz CT molecular complexity index is 966. The maximum Gasteiger partial charge on any atom is 0.321 e. The Morgan fingerprint density at radius 3 is 2.83 bits per heavy atom. The summed E-state index contributed by atoms with van der Waals surface area (Å²) < 4.78 is 6.22. The average molecular weight is 390 g/mol. The molecule has 1 saturated heterocycles. The van der Waals surface area contributed by atoms with E-state index in [1.54, 1.807) is 0 Å². The van der Waals surface area contributed by atoms with Crippen LogP contribution >= 0.6 is 0 Å². The predicted octanol–water partition coefficient (Wildman–Crippen LogP) is 4.65. The normalized spacial score (nSPS) is 23.4. The molecule has 1 fully saturated rings. The highest BCUT2D eigenvalue weighted by molar-refractivity contribution is 5.99. The molecule has 1 unspecified atom stereocenters. The van der Waals surface area contributed by atoms with Crippen LogP contribution in [0.3, 0.4) is 0 Å². The zero-order valence-electron chi connectivity index (χ0n) is 16.6. The van der Waals surface area contributed by atoms with Crippen LogP contribution in [-0.2, 0) is 23.4 Å². The topological polar surface area (TPSA) is 58.6 Å². The number of hydrogen-bond acceptors (Lipinski definition) is 3. The fourth-order valence-electron chi connectivity index (χ4n) is 4.99. The van der Waals surface area contributed by atoms with Crippen molar-refractivity contribution >= 4 is 17.5 Å². The lowest BCUT2D eigenvalue weighted by molar-refractivity contribution is -0.0755. The molecule has 2 heterocycles. The summed E-state index contributed by atoms with van der Waals surface area (Å²) in [4.78, 5) is 27.2. The Morgan fingerprint density at radius 1 is 1.03 bits per heavy atom. The summed E-state index contributed by atoms with van der Waals surface area (Å²) in [5.41, 5.74) is 4.60. The minimum atomic E-state index is -0.393. The van der Waals surface area contributed by atoms with E-state index < -0.39 is 5.60 Å². The van der Waals surface area contributed by atoms with E-state index in [4.69, 9.17) is 4.74 Å². The molecular weight excluding hydrogens is 364 g/mol. The molecule has 2 aromatic rings. The number of urea groups is 1. The number of nitrogens with one attached hydrogen (secondary N) is 1. The van der Waals surface area contributed by atoms with Gasteiger partial charge in [-0.25, -0.2) is 4.79 Å². The monoisotopic (exact) mass is 390 g/mol. The summed E-state index contributed by atoms with van der Waals surface area (Å²) in [7, 11) is 0. The van der Waals surface area contributed by atoms with Crippen molar-refractivity contribution in [2.24, 2.45) is 0 Å². The summed E-state index contributed by atoms with van der Waals surface area (Å²) in [6.45, 7) is 1.88. The summed E-state index contributed by atoms with van der Waals surface area (Å²) in [6.07, 6.45) is 5.34. The molecule has 5 rings (SSSR count). The number of Topliss-reactive ketones (excluding diaryl/α,β-unsaturated/α-hetero) is 1. The minimum Gasteiger partial charge on any atom is -0.364 e. The number of carbonyl (C=O) groups is 2. The molecule has 2 aromatic carbocycles. The lowest BCUT2D eigenvalue weighted by Crippen LogP contribution is -2.49. The molecule has 0 bridgehead atoms. The van der Waals surface area contributed by atoms with Crippen LogP contribution in [-0.4, -0.2) is 29.8 Å². The first-order valence-electron chi connectivity index (χ1n) is 10.6. The van der Waals surface area contributed by atoms with Crippen molar-refractivity contribution < 1.29 is 14.3 Å². The van der Waals surface area contributed by atoms with Crippen molar-refractivity contribution in [3.63, 3.8) is 0 Å². The largest absolute Gasteiger partial charge is 0.364 e. The number of fused-ring (bicyclic) bond motifs is 3. The van der Waals surface area contributed by atoms with Crippen LogP contribution in [0.15, 0.2) is 42.5 Å². The van der Waals surface area contributed by atoms with E-state index in [2.05, 4.69) is 17.4 Å². The zero-order valence-corrected chi connectivity index (χ0v) is 16.6. The quantitative estimate of drug-likeness (QED) is 0.721. The molecule has 5 nitrogen and oxygen atoms in total. The van der Waals surface area contributed by atoms with Gasteiger partial charge in [-0.2, -0.15) is 0 Å². The number of aryl methyl sites for hydroxylation is 1. The van der Waals surface area contributed by atoms with Crippen LogP contribution < -0.4 is 5.32 Å². The third-order valence-electron chi connectivity index (χ3n) is 6.52. The number of amides is 2. The van der Waals surface area contributed by atoms with Gasteiger partial charge in [-0.15, -0.1) is 0 Å². The van der Waals surface area contributed by atoms with Gasteiger partial charge in [0.1, 0.15) is 5.60 Å². The number of nitrogens with zero attached hydrogens (tertiary/aromatic N) is 1. The Kier molecular flexibility index (Phi) is 4.63. The van der Waals surface area contributed by atoms with E-state index in [0.717, 1.165) is 43.2 Å². The van der Waals surface area contributed by atoms with E-state index in [1.807, 2.05) is 35.2 Å². The van der Waals surface area contributed by atoms with E-state index in [-0.39, 0.29) is 11.8 Å². The highest BCUT2D eigenvalue weighted by Gasteiger charge is 2.44. The van der Waals surface area contributed by atoms with E-state index in [9.17, 15) is 9.59 Å². The Labute approximate surface area is 171 Å². The average Bonchev–Trinajstić information content (AvgIpc) is 2.98. The van der Waals surface area contributed by atoms with Gasteiger partial charge in [-0.05, 0) is 60.9 Å². The second kappa shape index (κ2) is 7.30. The lowest BCUT2D eigenvalue weighted by atomic mass is 9.85. The van der Waals surface area contributed by atoms with Gasteiger partial charge in [0.15, 0.2) is 5.78 Å². The summed E-state index contributed by atoms with van der Waals surface area (Å²) in [5, 5.41) is 3.01. The second-order valence-corrected chi connectivity index (χ2v) is 8.40. The smallest absolute Gasteiger partial charge is 0.321 e. The van der Waals surface area contributed by atoms with Crippen molar-refractivity contribution in [2.75, 3.05) is 18.4 Å². The van der Waals surface area contributed by atoms with Crippen LogP contribution in [0.2, 0.25) is 0 Å². The Morgan fingerprint density at radius 2 is 1.90 bits per heavy atom. The lowest BCUT2D eigenvalue weighted by Gasteiger charge is -2.40. The van der Waals surface area contributed by atoms with Crippen molar-refractivity contribution in [1.29, 1.82) is 0 Å². The molecule has 0 saturated carbocycles. The van der Waals surface area contributed by atoms with E-state index >= 15 is 0 Å². The number of carbonyl (C=O) groups excluding carboxylic acids is 2. The highest BCUT2D eigenvalue weighted by atomic mass is 16.5. The molecular formula is C24H26N2O3. The van der Waals surface area contributed by atoms with Gasteiger partial charge >= 0.3 is 6.03 Å². The van der Waals surface area contributed by atoms with Gasteiger partial charge in [0.2, 0.25) is 0 Å². The molecule has 5 heteroatoms. The summed E-state index contributed by atoms with van der Waals surface area (Å²) in [6, 6.07) is 13.9. The predicted molar refractivity (Wildman–Crippen MR) is 111 cm³/mol. The third kappa shape index (κ3) is 3.33. The van der Waals surface area contributed by atoms with Crippen molar-refractivity contribution in [3.05, 3.63) is 64.7 Å². The van der Waals surface area contributed by atoms with E-state index in [1.165, 1.54) is 11.1 Å². The number of benzene rings is 2. The highest BCUT2D eigenvalue weighted by Crippen LogP contribution is 2.42. The number of hydrogen-bond donors (Lipinski definition) is 1. The molecule has 150 valence electrons. The van der Waals surface area contributed by atoms with Crippen molar-refractivity contribution in [2.45, 2.75) is 50.7 Å². The van der Waals surface area contributed by atoms with Crippen LogP contribution in [0.4, 0.5) is 10.5 Å². The molecule has 1 atom stereocenters. The molecule has 2 amide bonds. The maximum absolute atomic E-state index is 13.0. The van der Waals surface area contributed by atoms with Gasteiger partial charge in [0.25, 0.3) is 0 Å². The summed E-state index contributed by atoms with van der Waals surface area (Å²) in [5.74, 6) is 0.182. The maximum atomic E-state index is 13.0. The van der Waals surface area contributed by atoms with Crippen LogP contribution in [0.25, 0.3) is 0 Å². The molecule has 1 aliphatic carbocycles. The molecule has 1 spiro atoms. The molecule has 1 N–H and O–H groups in total. The fraction of sp³-hybridized carbons (Fsp3) is 0.417. The van der Waals surface area contributed by atoms with Gasteiger partial charge < -0.3 is 15.0 Å². The van der Waals surface area contributed by atoms with Gasteiger partial charge in [0.05, 0.1) is 13.2 Å². The number of rotatable bonds is 1. The first-order valence-corrected chi connectivity index (χ1v) is 10.6. The fourth-order valence-corrected chi connectivity index (χ4v) is 4.99. The van der Waals surface area contributed by atoms with Gasteiger partial charge in [-0.3, -0.25) is 4.79 Å². The summed E-state index contributed by atoms with van der Waals surface area (Å²) >= 11 is 0. The Balaban J connectivity index is 1.34. The molecule has 0 radical (unpaired) electrons. The zero-order chi connectivity index (χ0) is 19.8.